The van der Waals surface area contributed by atoms with E-state index < -0.39 is 9.84 Å². The fourth-order valence-electron chi connectivity index (χ4n) is 3.49. The third kappa shape index (κ3) is 3.14. The Morgan fingerprint density at radius 3 is 2.88 bits per heavy atom. The van der Waals surface area contributed by atoms with Crippen molar-refractivity contribution in [2.45, 2.75) is 36.5 Å². The normalized spacial score (nSPS) is 18.1. The van der Waals surface area contributed by atoms with E-state index in [0.717, 1.165) is 28.8 Å². The number of rotatable bonds is 4. The Labute approximate surface area is 151 Å². The molecule has 130 valence electrons. The maximum atomic E-state index is 12.7. The minimum Gasteiger partial charge on any atom is -0.368 e. The van der Waals surface area contributed by atoms with Gasteiger partial charge < -0.3 is 4.90 Å². The van der Waals surface area contributed by atoms with Gasteiger partial charge in [-0.25, -0.2) is 13.4 Å². The molecule has 0 bridgehead atoms. The molecule has 2 aromatic carbocycles. The predicted octanol–water partition coefficient (Wildman–Crippen LogP) is 3.65. The smallest absolute Gasteiger partial charge is 0.184 e. The molecule has 4 rings (SSSR count). The summed E-state index contributed by atoms with van der Waals surface area (Å²) >= 11 is 1.12. The van der Waals surface area contributed by atoms with Crippen LogP contribution in [0.4, 0.5) is 5.69 Å². The van der Waals surface area contributed by atoms with Crippen LogP contribution in [0, 0.1) is 0 Å². The summed E-state index contributed by atoms with van der Waals surface area (Å²) in [5, 5.41) is 2.57. The van der Waals surface area contributed by atoms with Crippen LogP contribution in [0.2, 0.25) is 0 Å². The predicted molar refractivity (Wildman–Crippen MR) is 101 cm³/mol. The molecule has 1 saturated heterocycles. The number of sulfone groups is 1. The maximum Gasteiger partial charge on any atom is 0.184 e. The molecule has 0 spiro atoms. The molecule has 3 aromatic rings. The molecule has 0 saturated carbocycles. The van der Waals surface area contributed by atoms with E-state index in [4.69, 9.17) is 0 Å². The second-order valence-electron chi connectivity index (χ2n) is 6.44. The van der Waals surface area contributed by atoms with Gasteiger partial charge in [-0.15, -0.1) is 0 Å². The van der Waals surface area contributed by atoms with E-state index in [1.165, 1.54) is 24.9 Å². The highest BCUT2D eigenvalue weighted by molar-refractivity contribution is 7.90. The molecule has 1 unspecified atom stereocenters. The van der Waals surface area contributed by atoms with E-state index in [0.29, 0.717) is 15.9 Å². The molecule has 5 nitrogen and oxygen atoms in total. The first-order valence-electron chi connectivity index (χ1n) is 8.32. The van der Waals surface area contributed by atoms with Crippen molar-refractivity contribution in [1.82, 2.24) is 9.36 Å². The average Bonchev–Trinajstić information content (AvgIpc) is 3.25. The van der Waals surface area contributed by atoms with Gasteiger partial charge in [-0.2, -0.15) is 4.37 Å². The molecule has 1 aliphatic heterocycles. The summed E-state index contributed by atoms with van der Waals surface area (Å²) in [5.74, 6) is -0.105. The highest BCUT2D eigenvalue weighted by atomic mass is 32.2. The van der Waals surface area contributed by atoms with Crippen LogP contribution in [-0.2, 0) is 15.6 Å². The summed E-state index contributed by atoms with van der Waals surface area (Å²) in [6.45, 7) is 3.30. The van der Waals surface area contributed by atoms with E-state index in [-0.39, 0.29) is 5.75 Å². The Morgan fingerprint density at radius 1 is 1.28 bits per heavy atom. The Bertz CT molecular complexity index is 1000. The Hall–Kier alpha value is -1.99. The van der Waals surface area contributed by atoms with Crippen molar-refractivity contribution in [2.24, 2.45) is 0 Å². The van der Waals surface area contributed by atoms with Crippen molar-refractivity contribution in [1.29, 1.82) is 0 Å². The molecule has 1 atom stereocenters. The molecule has 0 aliphatic carbocycles. The minimum absolute atomic E-state index is 0.105. The first-order valence-corrected chi connectivity index (χ1v) is 10.7. The molecule has 0 amide bonds. The molecular formula is C18H19N3O2S2. The van der Waals surface area contributed by atoms with Crippen LogP contribution >= 0.6 is 11.5 Å². The van der Waals surface area contributed by atoms with Crippen LogP contribution in [-0.4, -0.2) is 30.4 Å². The molecule has 25 heavy (non-hydrogen) atoms. The molecule has 7 heteroatoms. The monoisotopic (exact) mass is 373 g/mol. The fourth-order valence-corrected chi connectivity index (χ4v) is 5.62. The SMILES string of the molecule is CC1CCCN1c1cccc2cc(S(=O)(=O)Cc3ncns3)ccc12. The second-order valence-corrected chi connectivity index (χ2v) is 9.29. The van der Waals surface area contributed by atoms with Gasteiger partial charge in [0.05, 0.1) is 4.90 Å². The van der Waals surface area contributed by atoms with Gasteiger partial charge >= 0.3 is 0 Å². The van der Waals surface area contributed by atoms with Gasteiger partial charge in [0.15, 0.2) is 9.84 Å². The summed E-state index contributed by atoms with van der Waals surface area (Å²) in [7, 11) is -3.42. The first kappa shape index (κ1) is 16.5. The van der Waals surface area contributed by atoms with Gasteiger partial charge in [0, 0.05) is 23.7 Å². The minimum atomic E-state index is -3.42. The molecule has 1 fully saturated rings. The maximum absolute atomic E-state index is 12.7. The quantitative estimate of drug-likeness (QED) is 0.698. The van der Waals surface area contributed by atoms with E-state index in [1.54, 1.807) is 12.1 Å². The Morgan fingerprint density at radius 2 is 2.16 bits per heavy atom. The van der Waals surface area contributed by atoms with Crippen LogP contribution in [0.25, 0.3) is 10.8 Å². The zero-order valence-corrected chi connectivity index (χ0v) is 15.6. The fraction of sp³-hybridized carbons (Fsp3) is 0.333. The van der Waals surface area contributed by atoms with Crippen LogP contribution in [0.1, 0.15) is 24.8 Å². The Balaban J connectivity index is 1.74. The van der Waals surface area contributed by atoms with Crippen LogP contribution in [0.15, 0.2) is 47.6 Å². The molecule has 0 N–H and O–H groups in total. The number of aromatic nitrogens is 2. The van der Waals surface area contributed by atoms with Crippen molar-refractivity contribution in [3.63, 3.8) is 0 Å². The topological polar surface area (TPSA) is 63.2 Å². The first-order chi connectivity index (χ1) is 12.0. The van der Waals surface area contributed by atoms with E-state index in [9.17, 15) is 8.42 Å². The lowest BCUT2D eigenvalue weighted by Crippen LogP contribution is -2.26. The number of nitrogens with zero attached hydrogens (tertiary/aromatic N) is 3. The van der Waals surface area contributed by atoms with E-state index in [1.807, 2.05) is 18.2 Å². The third-order valence-electron chi connectivity index (χ3n) is 4.77. The van der Waals surface area contributed by atoms with Crippen LogP contribution in [0.5, 0.6) is 0 Å². The van der Waals surface area contributed by atoms with Gasteiger partial charge in [-0.1, -0.05) is 18.2 Å². The van der Waals surface area contributed by atoms with Crippen molar-refractivity contribution in [3.05, 3.63) is 47.7 Å². The molecule has 1 aliphatic rings. The van der Waals surface area contributed by atoms with Gasteiger partial charge in [-0.05, 0) is 54.9 Å². The number of benzene rings is 2. The lowest BCUT2D eigenvalue weighted by atomic mass is 10.1. The highest BCUT2D eigenvalue weighted by Crippen LogP contribution is 2.33. The van der Waals surface area contributed by atoms with Gasteiger partial charge in [0.1, 0.15) is 17.1 Å². The van der Waals surface area contributed by atoms with Crippen LogP contribution in [0.3, 0.4) is 0 Å². The van der Waals surface area contributed by atoms with Gasteiger partial charge in [0.25, 0.3) is 0 Å². The largest absolute Gasteiger partial charge is 0.368 e. The van der Waals surface area contributed by atoms with Crippen molar-refractivity contribution in [3.8, 4) is 0 Å². The van der Waals surface area contributed by atoms with Crippen molar-refractivity contribution in [2.75, 3.05) is 11.4 Å². The molecule has 1 aromatic heterocycles. The number of hydrogen-bond donors (Lipinski definition) is 0. The van der Waals surface area contributed by atoms with E-state index >= 15 is 0 Å². The number of anilines is 1. The second kappa shape index (κ2) is 6.38. The molecule has 2 heterocycles. The lowest BCUT2D eigenvalue weighted by molar-refractivity contribution is 0.595. The van der Waals surface area contributed by atoms with Crippen molar-refractivity contribution >= 4 is 37.8 Å². The summed E-state index contributed by atoms with van der Waals surface area (Å²) in [5.41, 5.74) is 1.19. The van der Waals surface area contributed by atoms with Gasteiger partial charge in [0.2, 0.25) is 0 Å². The summed E-state index contributed by atoms with van der Waals surface area (Å²) < 4.78 is 29.2. The molecule has 0 radical (unpaired) electrons. The molecular weight excluding hydrogens is 354 g/mol. The lowest BCUT2D eigenvalue weighted by Gasteiger charge is -2.25. The van der Waals surface area contributed by atoms with Crippen molar-refractivity contribution < 1.29 is 8.42 Å². The summed E-state index contributed by atoms with van der Waals surface area (Å²) in [6.07, 6.45) is 3.79. The average molecular weight is 374 g/mol. The zero-order chi connectivity index (χ0) is 17.4. The number of hydrogen-bond acceptors (Lipinski definition) is 6. The van der Waals surface area contributed by atoms with Crippen LogP contribution < -0.4 is 4.90 Å². The zero-order valence-electron chi connectivity index (χ0n) is 13.9. The number of fused-ring (bicyclic) bond motifs is 1. The third-order valence-corrected chi connectivity index (χ3v) is 7.24. The summed E-state index contributed by atoms with van der Waals surface area (Å²) in [4.78, 5) is 6.74. The summed E-state index contributed by atoms with van der Waals surface area (Å²) in [6, 6.07) is 12.0. The highest BCUT2D eigenvalue weighted by Gasteiger charge is 2.23. The van der Waals surface area contributed by atoms with E-state index in [2.05, 4.69) is 27.2 Å². The standard InChI is InChI=1S/C18H19N3O2S2/c1-13-4-3-9-21(13)17-6-2-5-14-10-15(7-8-16(14)17)25(22,23)11-18-19-12-20-24-18/h2,5-8,10,12-13H,3-4,9,11H2,1H3. The van der Waals surface area contributed by atoms with Gasteiger partial charge in [-0.3, -0.25) is 0 Å². The Kier molecular flexibility index (Phi) is 4.21.